The molecule has 8 nitrogen and oxygen atoms in total. The first-order valence-corrected chi connectivity index (χ1v) is 16.6. The number of hydrogen-bond donors (Lipinski definition) is 0. The highest BCUT2D eigenvalue weighted by molar-refractivity contribution is 9.10. The lowest BCUT2D eigenvalue weighted by molar-refractivity contribution is -0.138. The number of nitrogens with zero attached hydrogens (tertiary/aromatic N) is 3. The molecule has 0 fully saturated rings. The normalized spacial score (nSPS) is 16.4. The Morgan fingerprint density at radius 2 is 1.64 bits per heavy atom. The fourth-order valence-corrected chi connectivity index (χ4v) is 7.49. The van der Waals surface area contributed by atoms with Crippen molar-refractivity contribution in [2.75, 3.05) is 18.6 Å². The summed E-state index contributed by atoms with van der Waals surface area (Å²) in [6.07, 6.45) is 0. The van der Waals surface area contributed by atoms with Crippen molar-refractivity contribution in [2.24, 2.45) is 4.99 Å². The van der Waals surface area contributed by atoms with E-state index in [1.54, 1.807) is 31.1 Å². The summed E-state index contributed by atoms with van der Waals surface area (Å²) in [7, 11) is 1.58. The zero-order chi connectivity index (χ0) is 32.7. The fourth-order valence-electron chi connectivity index (χ4n) is 6.04. The van der Waals surface area contributed by atoms with E-state index in [9.17, 15) is 14.4 Å². The lowest BCUT2D eigenvalue weighted by Gasteiger charge is -2.26. The van der Waals surface area contributed by atoms with Gasteiger partial charge in [0.25, 0.3) is 11.5 Å². The van der Waals surface area contributed by atoms with Crippen LogP contribution in [0.4, 0.5) is 5.69 Å². The van der Waals surface area contributed by atoms with Gasteiger partial charge in [-0.1, -0.05) is 100 Å². The van der Waals surface area contributed by atoms with Crippen LogP contribution >= 0.6 is 27.3 Å². The number of thiazole rings is 1. The number of hydrogen-bond acceptors (Lipinski definition) is 7. The molecule has 0 unspecified atom stereocenters. The lowest BCUT2D eigenvalue weighted by Crippen LogP contribution is -2.41. The summed E-state index contributed by atoms with van der Waals surface area (Å²) in [5.74, 6) is -0.221. The average molecular weight is 707 g/mol. The van der Waals surface area contributed by atoms with Crippen molar-refractivity contribution in [2.45, 2.75) is 19.5 Å². The summed E-state index contributed by atoms with van der Waals surface area (Å²) in [6.45, 7) is 2.23. The number of methoxy groups -OCH3 is 1. The fraction of sp³-hybridized carbons (Fsp3) is 0.135. The number of halogens is 1. The molecule has 1 aromatic heterocycles. The maximum atomic E-state index is 14.7. The zero-order valence-corrected chi connectivity index (χ0v) is 27.9. The smallest absolute Gasteiger partial charge is 0.338 e. The van der Waals surface area contributed by atoms with Gasteiger partial charge < -0.3 is 14.4 Å². The van der Waals surface area contributed by atoms with E-state index in [-0.39, 0.29) is 22.6 Å². The van der Waals surface area contributed by atoms with Gasteiger partial charge in [-0.05, 0) is 48.4 Å². The third kappa shape index (κ3) is 5.43. The molecule has 4 aromatic carbocycles. The Labute approximate surface area is 282 Å². The maximum absolute atomic E-state index is 14.7. The molecule has 0 saturated carbocycles. The Morgan fingerprint density at radius 1 is 0.936 bits per heavy atom. The first-order valence-electron chi connectivity index (χ1n) is 15.0. The number of aromatic nitrogens is 1. The van der Waals surface area contributed by atoms with Gasteiger partial charge in [-0.25, -0.2) is 9.79 Å². The Bertz CT molecular complexity index is 2240. The van der Waals surface area contributed by atoms with Crippen LogP contribution in [0.5, 0.6) is 5.75 Å². The minimum atomic E-state index is -0.875. The third-order valence-electron chi connectivity index (χ3n) is 8.17. The van der Waals surface area contributed by atoms with Gasteiger partial charge in [0, 0.05) is 15.6 Å². The van der Waals surface area contributed by atoms with Crippen molar-refractivity contribution >= 4 is 56.1 Å². The average Bonchev–Trinajstić information content (AvgIpc) is 3.56. The van der Waals surface area contributed by atoms with Crippen LogP contribution in [-0.4, -0.2) is 30.2 Å². The second-order valence-electron chi connectivity index (χ2n) is 10.9. The standard InChI is InChI=1S/C37H28BrN3O5S/c1-3-46-36(44)30-31(23-12-8-5-9-13-23)39-37-41(32(30)24-14-17-26(45-2)18-15-24)35(43)33(47-37)29-27-20-25(38)16-19-28(27)40(34(29)42)21-22-10-6-4-7-11-22/h4-20,32H,3,21H2,1-2H3/b33-29-/t32-/m1/s1. The van der Waals surface area contributed by atoms with Crippen LogP contribution in [0.15, 0.2) is 123 Å². The van der Waals surface area contributed by atoms with Crippen LogP contribution in [0.2, 0.25) is 0 Å². The number of fused-ring (bicyclic) bond motifs is 2. The number of carbonyl (C=O) groups excluding carboxylic acids is 2. The predicted octanol–water partition coefficient (Wildman–Crippen LogP) is 5.62. The molecular weight excluding hydrogens is 678 g/mol. The largest absolute Gasteiger partial charge is 0.497 e. The lowest BCUT2D eigenvalue weighted by atomic mass is 9.93. The second kappa shape index (κ2) is 12.6. The van der Waals surface area contributed by atoms with Crippen molar-refractivity contribution in [3.8, 4) is 5.75 Å². The van der Waals surface area contributed by atoms with Crippen LogP contribution in [0.25, 0.3) is 11.3 Å². The van der Waals surface area contributed by atoms with Crippen LogP contribution < -0.4 is 24.5 Å². The SMILES string of the molecule is CCOC(=O)C1=C(c2ccccc2)N=c2s/c(=C3\C(=O)N(Cc4ccccc4)c4ccc(Br)cc43)c(=O)n2[C@@H]1c1ccc(OC)cc1. The molecule has 0 radical (unpaired) electrons. The van der Waals surface area contributed by atoms with Crippen LogP contribution in [0.3, 0.4) is 0 Å². The van der Waals surface area contributed by atoms with E-state index in [0.717, 1.165) is 21.4 Å². The van der Waals surface area contributed by atoms with Gasteiger partial charge in [0.2, 0.25) is 0 Å². The summed E-state index contributed by atoms with van der Waals surface area (Å²) >= 11 is 4.71. The van der Waals surface area contributed by atoms with Crippen LogP contribution in [0.1, 0.15) is 35.2 Å². The van der Waals surface area contributed by atoms with E-state index >= 15 is 0 Å². The second-order valence-corrected chi connectivity index (χ2v) is 12.8. The molecule has 47 heavy (non-hydrogen) atoms. The van der Waals surface area contributed by atoms with Crippen molar-refractivity contribution < 1.29 is 19.1 Å². The molecule has 0 aliphatic carbocycles. The van der Waals surface area contributed by atoms with Gasteiger partial charge in [0.05, 0.1) is 48.8 Å². The molecule has 0 N–H and O–H groups in total. The summed E-state index contributed by atoms with van der Waals surface area (Å²) in [4.78, 5) is 49.8. The minimum absolute atomic E-state index is 0.145. The van der Waals surface area contributed by atoms with E-state index in [1.165, 1.54) is 4.57 Å². The summed E-state index contributed by atoms with van der Waals surface area (Å²) in [5.41, 5.74) is 4.23. The number of esters is 1. The van der Waals surface area contributed by atoms with Crippen molar-refractivity contribution in [3.63, 3.8) is 0 Å². The molecule has 0 bridgehead atoms. The van der Waals surface area contributed by atoms with Gasteiger partial charge >= 0.3 is 5.97 Å². The molecule has 1 atom stereocenters. The molecule has 234 valence electrons. The first-order chi connectivity index (χ1) is 22.9. The van der Waals surface area contributed by atoms with Gasteiger partial charge in [0.1, 0.15) is 10.3 Å². The number of carbonyl (C=O) groups is 2. The third-order valence-corrected chi connectivity index (χ3v) is 9.72. The van der Waals surface area contributed by atoms with Crippen LogP contribution in [-0.2, 0) is 20.9 Å². The molecule has 2 aliphatic rings. The summed E-state index contributed by atoms with van der Waals surface area (Å²) in [6, 6.07) is 31.1. The highest BCUT2D eigenvalue weighted by atomic mass is 79.9. The summed E-state index contributed by atoms with van der Waals surface area (Å²) in [5, 5.41) is 0. The Balaban J connectivity index is 1.52. The Hall–Kier alpha value is -5.06. The van der Waals surface area contributed by atoms with E-state index < -0.39 is 17.6 Å². The highest BCUT2D eigenvalue weighted by Crippen LogP contribution is 2.39. The number of amides is 1. The molecule has 3 heterocycles. The Kier molecular flexibility index (Phi) is 8.21. The molecule has 10 heteroatoms. The topological polar surface area (TPSA) is 90.2 Å². The number of benzene rings is 4. The highest BCUT2D eigenvalue weighted by Gasteiger charge is 2.38. The van der Waals surface area contributed by atoms with E-state index in [1.807, 2.05) is 91.0 Å². The maximum Gasteiger partial charge on any atom is 0.338 e. The van der Waals surface area contributed by atoms with Gasteiger partial charge in [-0.2, -0.15) is 0 Å². The molecule has 0 spiro atoms. The van der Waals surface area contributed by atoms with Gasteiger partial charge in [0.15, 0.2) is 4.80 Å². The molecular formula is C37H28BrN3O5S. The molecule has 0 saturated heterocycles. The van der Waals surface area contributed by atoms with Crippen molar-refractivity contribution in [3.05, 3.63) is 155 Å². The zero-order valence-electron chi connectivity index (χ0n) is 25.5. The number of rotatable bonds is 7. The van der Waals surface area contributed by atoms with Gasteiger partial charge in [-0.3, -0.25) is 14.2 Å². The van der Waals surface area contributed by atoms with Crippen molar-refractivity contribution in [1.29, 1.82) is 0 Å². The van der Waals surface area contributed by atoms with E-state index in [0.29, 0.717) is 50.7 Å². The van der Waals surface area contributed by atoms with Crippen LogP contribution in [0, 0.1) is 0 Å². The quantitative estimate of drug-likeness (QED) is 0.205. The number of anilines is 1. The molecule has 5 aromatic rings. The molecule has 2 aliphatic heterocycles. The van der Waals surface area contributed by atoms with E-state index in [2.05, 4.69) is 15.9 Å². The minimum Gasteiger partial charge on any atom is -0.497 e. The van der Waals surface area contributed by atoms with Crippen molar-refractivity contribution in [1.82, 2.24) is 4.57 Å². The Morgan fingerprint density at radius 3 is 2.32 bits per heavy atom. The molecule has 1 amide bonds. The van der Waals surface area contributed by atoms with E-state index in [4.69, 9.17) is 14.5 Å². The predicted molar refractivity (Wildman–Crippen MR) is 185 cm³/mol. The molecule has 7 rings (SSSR count). The number of ether oxygens (including phenoxy) is 2. The van der Waals surface area contributed by atoms with Gasteiger partial charge in [-0.15, -0.1) is 0 Å². The monoisotopic (exact) mass is 705 g/mol. The first kappa shape index (κ1) is 30.6. The summed E-state index contributed by atoms with van der Waals surface area (Å²) < 4.78 is 13.5.